The minimum atomic E-state index is -4.48. The topological polar surface area (TPSA) is 32.3 Å². The van der Waals surface area contributed by atoms with Crippen molar-refractivity contribution in [2.75, 3.05) is 7.05 Å². The van der Waals surface area contributed by atoms with Crippen molar-refractivity contribution in [1.82, 2.24) is 5.32 Å². The molecule has 0 saturated heterocycles. The maximum atomic E-state index is 12.6. The first-order chi connectivity index (χ1) is 7.78. The average Bonchev–Trinajstić information content (AvgIpc) is 2.26. The second kappa shape index (κ2) is 5.57. The minimum Gasteiger partial charge on any atom is -0.380 e. The number of hydrogen-bond donors (Lipinski definition) is 2. The van der Waals surface area contributed by atoms with Gasteiger partial charge in [0.05, 0.1) is 0 Å². The molecule has 0 amide bonds. The quantitative estimate of drug-likeness (QED) is 0.807. The van der Waals surface area contributed by atoms with Crippen LogP contribution in [-0.4, -0.2) is 30.0 Å². The van der Waals surface area contributed by atoms with Gasteiger partial charge in [-0.1, -0.05) is 0 Å². The molecule has 2 nitrogen and oxygen atoms in total. The van der Waals surface area contributed by atoms with Gasteiger partial charge >= 0.3 is 6.18 Å². The van der Waals surface area contributed by atoms with Crippen molar-refractivity contribution in [3.05, 3.63) is 0 Å². The molecule has 0 aromatic carbocycles. The zero-order chi connectivity index (χ0) is 13.1. The fraction of sp³-hybridized carbons (Fsp3) is 1.00. The van der Waals surface area contributed by atoms with Gasteiger partial charge in [-0.2, -0.15) is 13.2 Å². The van der Waals surface area contributed by atoms with Gasteiger partial charge in [0.15, 0.2) is 5.60 Å². The first kappa shape index (κ1) is 14.8. The van der Waals surface area contributed by atoms with E-state index in [-0.39, 0.29) is 12.8 Å². The summed E-state index contributed by atoms with van der Waals surface area (Å²) in [5.74, 6) is 0.327. The summed E-state index contributed by atoms with van der Waals surface area (Å²) in [5, 5.41) is 12.6. The summed E-state index contributed by atoms with van der Waals surface area (Å²) in [7, 11) is 1.88. The van der Waals surface area contributed by atoms with Crippen LogP contribution >= 0.6 is 0 Å². The van der Waals surface area contributed by atoms with Crippen LogP contribution in [0.5, 0.6) is 0 Å². The van der Waals surface area contributed by atoms with Gasteiger partial charge in [0, 0.05) is 6.04 Å². The van der Waals surface area contributed by atoms with Crippen molar-refractivity contribution < 1.29 is 18.3 Å². The summed E-state index contributed by atoms with van der Waals surface area (Å²) >= 11 is 0. The second-order valence-electron chi connectivity index (χ2n) is 5.24. The predicted octanol–water partition coefficient (Wildman–Crippen LogP) is 2.86. The molecule has 17 heavy (non-hydrogen) atoms. The Morgan fingerprint density at radius 1 is 1.35 bits per heavy atom. The maximum absolute atomic E-state index is 12.6. The molecule has 1 aliphatic rings. The Morgan fingerprint density at radius 2 is 1.88 bits per heavy atom. The molecule has 0 aliphatic heterocycles. The van der Waals surface area contributed by atoms with Gasteiger partial charge in [-0.25, -0.2) is 0 Å². The van der Waals surface area contributed by atoms with E-state index in [2.05, 4.69) is 12.2 Å². The number of rotatable bonds is 4. The number of nitrogens with one attached hydrogen (secondary N) is 1. The highest BCUT2D eigenvalue weighted by Crippen LogP contribution is 2.44. The van der Waals surface area contributed by atoms with E-state index in [0.29, 0.717) is 24.8 Å². The van der Waals surface area contributed by atoms with Gasteiger partial charge in [-0.3, -0.25) is 0 Å². The molecule has 1 aliphatic carbocycles. The Kier molecular flexibility index (Phi) is 4.84. The van der Waals surface area contributed by atoms with Crippen LogP contribution in [0.25, 0.3) is 0 Å². The monoisotopic (exact) mass is 253 g/mol. The van der Waals surface area contributed by atoms with Gasteiger partial charge in [0.25, 0.3) is 0 Å². The van der Waals surface area contributed by atoms with E-state index in [4.69, 9.17) is 0 Å². The van der Waals surface area contributed by atoms with E-state index < -0.39 is 11.8 Å². The lowest BCUT2D eigenvalue weighted by molar-refractivity contribution is -0.272. The van der Waals surface area contributed by atoms with E-state index in [1.807, 2.05) is 7.05 Å². The first-order valence-electron chi connectivity index (χ1n) is 6.25. The van der Waals surface area contributed by atoms with Crippen LogP contribution in [0.1, 0.15) is 45.4 Å². The van der Waals surface area contributed by atoms with Crippen molar-refractivity contribution >= 4 is 0 Å². The minimum absolute atomic E-state index is 0.144. The molecular weight excluding hydrogens is 231 g/mol. The van der Waals surface area contributed by atoms with Crippen molar-refractivity contribution in [3.8, 4) is 0 Å². The Morgan fingerprint density at radius 3 is 2.29 bits per heavy atom. The van der Waals surface area contributed by atoms with E-state index in [1.165, 1.54) is 0 Å². The van der Waals surface area contributed by atoms with Crippen LogP contribution < -0.4 is 5.32 Å². The summed E-state index contributed by atoms with van der Waals surface area (Å²) < 4.78 is 37.7. The predicted molar refractivity (Wildman–Crippen MR) is 60.7 cm³/mol. The molecular formula is C12H22F3NO. The van der Waals surface area contributed by atoms with Gasteiger partial charge < -0.3 is 10.4 Å². The second-order valence-corrected chi connectivity index (χ2v) is 5.24. The van der Waals surface area contributed by atoms with Gasteiger partial charge in [0.2, 0.25) is 0 Å². The van der Waals surface area contributed by atoms with Gasteiger partial charge in [-0.15, -0.1) is 0 Å². The summed E-state index contributed by atoms with van der Waals surface area (Å²) in [5.41, 5.74) is -2.43. The lowest BCUT2D eigenvalue weighted by atomic mass is 9.76. The van der Waals surface area contributed by atoms with Crippen molar-refractivity contribution in [2.24, 2.45) is 5.92 Å². The standard InChI is InChI=1S/C12H22F3NO/c1-9(16-2)3-4-10-5-7-11(17,8-6-10)12(13,14)15/h9-10,16-17H,3-8H2,1-2H3. The fourth-order valence-electron chi connectivity index (χ4n) is 2.36. The summed E-state index contributed by atoms with van der Waals surface area (Å²) in [4.78, 5) is 0. The third-order valence-electron chi connectivity index (χ3n) is 3.96. The molecule has 0 radical (unpaired) electrons. The number of hydrogen-bond acceptors (Lipinski definition) is 2. The van der Waals surface area contributed by atoms with E-state index in [1.54, 1.807) is 0 Å². The highest BCUT2D eigenvalue weighted by Gasteiger charge is 2.54. The Hall–Kier alpha value is -0.290. The van der Waals surface area contributed by atoms with Gasteiger partial charge in [-0.05, 0) is 58.4 Å². The smallest absolute Gasteiger partial charge is 0.380 e. The maximum Gasteiger partial charge on any atom is 0.417 e. The first-order valence-corrected chi connectivity index (χ1v) is 6.25. The molecule has 2 N–H and O–H groups in total. The molecule has 102 valence electrons. The van der Waals surface area contributed by atoms with E-state index in [0.717, 1.165) is 12.8 Å². The van der Waals surface area contributed by atoms with E-state index in [9.17, 15) is 18.3 Å². The molecule has 5 heteroatoms. The van der Waals surface area contributed by atoms with E-state index >= 15 is 0 Å². The largest absolute Gasteiger partial charge is 0.417 e. The Balaban J connectivity index is 2.36. The molecule has 0 heterocycles. The fourth-order valence-corrected chi connectivity index (χ4v) is 2.36. The Bertz CT molecular complexity index is 234. The summed E-state index contributed by atoms with van der Waals surface area (Å²) in [6, 6.07) is 0.401. The molecule has 1 saturated carbocycles. The summed E-state index contributed by atoms with van der Waals surface area (Å²) in [6.07, 6.45) is -1.89. The SMILES string of the molecule is CNC(C)CCC1CCC(O)(C(F)(F)F)CC1. The molecule has 1 rings (SSSR count). The van der Waals surface area contributed by atoms with Crippen molar-refractivity contribution in [1.29, 1.82) is 0 Å². The third kappa shape index (κ3) is 3.85. The molecule has 0 spiro atoms. The normalized spacial score (nSPS) is 32.5. The number of alkyl halides is 3. The Labute approximate surface area is 101 Å². The molecule has 1 atom stereocenters. The van der Waals surface area contributed by atoms with Crippen LogP contribution in [0.15, 0.2) is 0 Å². The van der Waals surface area contributed by atoms with Gasteiger partial charge in [0.1, 0.15) is 0 Å². The lowest BCUT2D eigenvalue weighted by Gasteiger charge is -2.37. The molecule has 1 fully saturated rings. The molecule has 1 unspecified atom stereocenters. The molecule has 0 aromatic rings. The lowest BCUT2D eigenvalue weighted by Crippen LogP contribution is -2.47. The average molecular weight is 253 g/mol. The zero-order valence-corrected chi connectivity index (χ0v) is 10.5. The van der Waals surface area contributed by atoms with Crippen LogP contribution in [-0.2, 0) is 0 Å². The number of halogens is 3. The van der Waals surface area contributed by atoms with Crippen molar-refractivity contribution in [2.45, 2.75) is 63.3 Å². The third-order valence-corrected chi connectivity index (χ3v) is 3.96. The zero-order valence-electron chi connectivity index (χ0n) is 10.5. The highest BCUT2D eigenvalue weighted by atomic mass is 19.4. The number of aliphatic hydroxyl groups is 1. The molecule has 0 bridgehead atoms. The van der Waals surface area contributed by atoms with Crippen LogP contribution in [0.3, 0.4) is 0 Å². The van der Waals surface area contributed by atoms with Crippen LogP contribution in [0.4, 0.5) is 13.2 Å². The van der Waals surface area contributed by atoms with Crippen LogP contribution in [0.2, 0.25) is 0 Å². The molecule has 0 aromatic heterocycles. The van der Waals surface area contributed by atoms with Crippen LogP contribution in [0, 0.1) is 5.92 Å². The highest BCUT2D eigenvalue weighted by molar-refractivity contribution is 4.91. The summed E-state index contributed by atoms with van der Waals surface area (Å²) in [6.45, 7) is 2.06. The van der Waals surface area contributed by atoms with Crippen molar-refractivity contribution in [3.63, 3.8) is 0 Å².